The van der Waals surface area contributed by atoms with Crippen molar-refractivity contribution in [2.24, 2.45) is 0 Å². The first-order valence-electron chi connectivity index (χ1n) is 14.9. The van der Waals surface area contributed by atoms with Crippen molar-refractivity contribution in [3.8, 4) is 16.9 Å². The second-order valence-corrected chi connectivity index (χ2v) is 12.5. The van der Waals surface area contributed by atoms with Gasteiger partial charge in [0.1, 0.15) is 11.5 Å². The molecule has 0 aliphatic carbocycles. The molecule has 4 heterocycles. The summed E-state index contributed by atoms with van der Waals surface area (Å²) in [5, 5.41) is 12.3. The summed E-state index contributed by atoms with van der Waals surface area (Å²) in [6.07, 6.45) is 5.82. The van der Waals surface area contributed by atoms with Gasteiger partial charge in [-0.1, -0.05) is 38.1 Å². The van der Waals surface area contributed by atoms with Crippen LogP contribution in [0.15, 0.2) is 53.3 Å². The first kappa shape index (κ1) is 30.6. The maximum atomic E-state index is 13.4. The first-order chi connectivity index (χ1) is 20.6. The van der Waals surface area contributed by atoms with E-state index in [0.717, 1.165) is 71.3 Å². The Labute approximate surface area is 254 Å². The van der Waals surface area contributed by atoms with Crippen molar-refractivity contribution in [1.29, 1.82) is 0 Å². The van der Waals surface area contributed by atoms with E-state index in [4.69, 9.17) is 9.15 Å². The van der Waals surface area contributed by atoms with Crippen LogP contribution in [0.4, 0.5) is 5.69 Å². The van der Waals surface area contributed by atoms with Crippen molar-refractivity contribution in [2.75, 3.05) is 58.4 Å². The van der Waals surface area contributed by atoms with E-state index in [2.05, 4.69) is 71.3 Å². The van der Waals surface area contributed by atoms with Crippen LogP contribution in [0.3, 0.4) is 0 Å². The molecule has 0 spiro atoms. The quantitative estimate of drug-likeness (QED) is 0.202. The highest BCUT2D eigenvalue weighted by atomic mass is 16.5. The van der Waals surface area contributed by atoms with Gasteiger partial charge in [0.2, 0.25) is 5.78 Å². The summed E-state index contributed by atoms with van der Waals surface area (Å²) >= 11 is 0. The van der Waals surface area contributed by atoms with Crippen LogP contribution in [0.25, 0.3) is 16.9 Å². The van der Waals surface area contributed by atoms with Gasteiger partial charge in [0.15, 0.2) is 5.76 Å². The number of ether oxygens (including phenoxy) is 1. The summed E-state index contributed by atoms with van der Waals surface area (Å²) in [6.45, 7) is 13.9. The maximum Gasteiger partial charge on any atom is 0.202 e. The predicted octanol–water partition coefficient (Wildman–Crippen LogP) is 4.44. The highest BCUT2D eigenvalue weighted by Gasteiger charge is 2.26. The molecule has 1 aliphatic heterocycles. The van der Waals surface area contributed by atoms with E-state index >= 15 is 0 Å². The molecule has 10 nitrogen and oxygen atoms in total. The molecular formula is C33H43N7O3. The molecule has 3 aromatic heterocycles. The number of benzene rings is 1. The van der Waals surface area contributed by atoms with Crippen LogP contribution < -0.4 is 10.2 Å². The fraction of sp³-hybridized carbons (Fsp3) is 0.455. The Morgan fingerprint density at radius 3 is 2.63 bits per heavy atom. The van der Waals surface area contributed by atoms with E-state index in [-0.39, 0.29) is 17.6 Å². The summed E-state index contributed by atoms with van der Waals surface area (Å²) in [6, 6.07) is 10.0. The molecule has 43 heavy (non-hydrogen) atoms. The molecule has 1 fully saturated rings. The summed E-state index contributed by atoms with van der Waals surface area (Å²) in [7, 11) is 4.11. The van der Waals surface area contributed by atoms with Gasteiger partial charge in [-0.25, -0.2) is 4.68 Å². The average Bonchev–Trinajstić information content (AvgIpc) is 3.65. The predicted molar refractivity (Wildman–Crippen MR) is 168 cm³/mol. The second-order valence-electron chi connectivity index (χ2n) is 12.5. The van der Waals surface area contributed by atoms with E-state index in [9.17, 15) is 4.79 Å². The van der Waals surface area contributed by atoms with Gasteiger partial charge in [0, 0.05) is 61.9 Å². The topological polar surface area (TPSA) is 102 Å². The van der Waals surface area contributed by atoms with Gasteiger partial charge >= 0.3 is 0 Å². The zero-order chi connectivity index (χ0) is 30.6. The van der Waals surface area contributed by atoms with Gasteiger partial charge in [-0.2, -0.15) is 0 Å². The number of nitrogens with zero attached hydrogens (tertiary/aromatic N) is 6. The molecule has 0 atom stereocenters. The molecule has 4 aromatic rings. The van der Waals surface area contributed by atoms with Gasteiger partial charge in [-0.15, -0.1) is 5.10 Å². The van der Waals surface area contributed by atoms with Gasteiger partial charge in [-0.3, -0.25) is 9.78 Å². The van der Waals surface area contributed by atoms with Crippen molar-refractivity contribution >= 4 is 11.5 Å². The van der Waals surface area contributed by atoms with Crippen LogP contribution in [0.1, 0.15) is 53.8 Å². The first-order valence-corrected chi connectivity index (χ1v) is 14.9. The minimum atomic E-state index is -0.212. The smallest absolute Gasteiger partial charge is 0.202 e. The normalized spacial score (nSPS) is 14.1. The third-order valence-electron chi connectivity index (χ3n) is 7.59. The van der Waals surface area contributed by atoms with Crippen LogP contribution >= 0.6 is 0 Å². The van der Waals surface area contributed by atoms with Gasteiger partial charge in [-0.05, 0) is 50.3 Å². The van der Waals surface area contributed by atoms with Crippen molar-refractivity contribution in [2.45, 2.75) is 46.1 Å². The third kappa shape index (κ3) is 7.57. The fourth-order valence-electron chi connectivity index (χ4n) is 5.22. The lowest BCUT2D eigenvalue weighted by Crippen LogP contribution is -2.36. The van der Waals surface area contributed by atoms with Crippen molar-refractivity contribution in [3.63, 3.8) is 0 Å². The van der Waals surface area contributed by atoms with E-state index < -0.39 is 0 Å². The summed E-state index contributed by atoms with van der Waals surface area (Å²) in [5.41, 5.74) is 6.30. The Morgan fingerprint density at radius 2 is 1.88 bits per heavy atom. The molecule has 228 valence electrons. The molecule has 1 aromatic carbocycles. The van der Waals surface area contributed by atoms with E-state index in [0.29, 0.717) is 25.5 Å². The number of Topliss-reactive ketones (excluding diaryl/α,β-unsaturated/α-hetero) is 1. The Balaban J connectivity index is 1.32. The number of aryl methyl sites for hydroxylation is 1. The van der Waals surface area contributed by atoms with Crippen LogP contribution in [0, 0.1) is 6.92 Å². The number of hydrogen-bond acceptors (Lipinski definition) is 9. The molecule has 1 saturated heterocycles. The monoisotopic (exact) mass is 585 g/mol. The summed E-state index contributed by atoms with van der Waals surface area (Å²) < 4.78 is 13.4. The lowest BCUT2D eigenvalue weighted by Gasteiger charge is -2.28. The second kappa shape index (κ2) is 13.2. The molecule has 5 rings (SSSR count). The summed E-state index contributed by atoms with van der Waals surface area (Å²) in [5.74, 6) is 1.19. The molecule has 0 unspecified atom stereocenters. The minimum absolute atomic E-state index is 0.0508. The number of nitrogens with one attached hydrogen (secondary N) is 1. The Bertz CT molecular complexity index is 1540. The molecular weight excluding hydrogens is 542 g/mol. The number of anilines is 1. The molecule has 1 N–H and O–H groups in total. The Hall–Kier alpha value is -3.86. The molecule has 0 bridgehead atoms. The summed E-state index contributed by atoms with van der Waals surface area (Å²) in [4.78, 5) is 22.3. The number of ketones is 1. The minimum Gasteiger partial charge on any atom is -0.457 e. The number of rotatable bonds is 11. The van der Waals surface area contributed by atoms with Crippen LogP contribution in [-0.4, -0.2) is 84.1 Å². The SMILES string of the molecule is Cc1ccc(CC(=O)c2cc(CNCCN(C)C)c(C(C)(C)C)o2)cc1-n1cc(-c2cncc(N3CCOCC3)c2)nn1. The molecule has 1 aliphatic rings. The molecule has 0 radical (unpaired) electrons. The number of carbonyl (C=O) groups excluding carboxylic acids is 1. The lowest BCUT2D eigenvalue weighted by molar-refractivity contribution is 0.0963. The van der Waals surface area contributed by atoms with E-state index in [1.807, 2.05) is 49.8 Å². The molecule has 0 amide bonds. The van der Waals surface area contributed by atoms with Crippen molar-refractivity contribution in [1.82, 2.24) is 30.2 Å². The largest absolute Gasteiger partial charge is 0.457 e. The number of aromatic nitrogens is 4. The van der Waals surface area contributed by atoms with Gasteiger partial charge in [0.25, 0.3) is 0 Å². The van der Waals surface area contributed by atoms with Crippen LogP contribution in [0.2, 0.25) is 0 Å². The number of furan rings is 1. The fourth-order valence-corrected chi connectivity index (χ4v) is 5.22. The van der Waals surface area contributed by atoms with Crippen molar-refractivity contribution < 1.29 is 13.9 Å². The third-order valence-corrected chi connectivity index (χ3v) is 7.59. The standard InChI is InChI=1S/C33H43N7O3/c1-23-7-8-24(16-30(41)31-18-26(20-34-9-10-38(5)6)32(43-31)33(2,3)4)15-29(23)40-22-28(36-37-40)25-17-27(21-35-19-25)39-11-13-42-14-12-39/h7-8,15,17-19,21-22,34H,9-14,16,20H2,1-6H3. The highest BCUT2D eigenvalue weighted by Crippen LogP contribution is 2.30. The Kier molecular flexibility index (Phi) is 9.39. The average molecular weight is 586 g/mol. The maximum absolute atomic E-state index is 13.4. The van der Waals surface area contributed by atoms with Gasteiger partial charge in [0.05, 0.1) is 37.0 Å². The van der Waals surface area contributed by atoms with Crippen LogP contribution in [-0.2, 0) is 23.1 Å². The number of hydrogen-bond donors (Lipinski definition) is 1. The Morgan fingerprint density at radius 1 is 1.09 bits per heavy atom. The number of carbonyl (C=O) groups is 1. The number of morpholine rings is 1. The molecule has 0 saturated carbocycles. The van der Waals surface area contributed by atoms with Crippen molar-refractivity contribution in [3.05, 3.63) is 77.1 Å². The van der Waals surface area contributed by atoms with E-state index in [1.54, 1.807) is 4.68 Å². The zero-order valence-corrected chi connectivity index (χ0v) is 26.2. The highest BCUT2D eigenvalue weighted by molar-refractivity contribution is 5.95. The lowest BCUT2D eigenvalue weighted by atomic mass is 9.90. The van der Waals surface area contributed by atoms with Crippen LogP contribution in [0.5, 0.6) is 0 Å². The molecule has 10 heteroatoms. The zero-order valence-electron chi connectivity index (χ0n) is 26.2. The number of likely N-dealkylation sites (N-methyl/N-ethyl adjacent to an activating group) is 1. The van der Waals surface area contributed by atoms with E-state index in [1.165, 1.54) is 0 Å². The number of pyridine rings is 1. The van der Waals surface area contributed by atoms with Gasteiger partial charge < -0.3 is 24.3 Å².